The van der Waals surface area contributed by atoms with Gasteiger partial charge in [0.1, 0.15) is 11.9 Å². The zero-order chi connectivity index (χ0) is 17.8. The van der Waals surface area contributed by atoms with Crippen molar-refractivity contribution in [2.24, 2.45) is 0 Å². The molecule has 0 spiro atoms. The molecule has 3 aliphatic rings. The van der Waals surface area contributed by atoms with E-state index in [4.69, 9.17) is 4.74 Å². The number of anilines is 1. The highest BCUT2D eigenvalue weighted by Gasteiger charge is 2.31. The summed E-state index contributed by atoms with van der Waals surface area (Å²) < 4.78 is 5.65. The van der Waals surface area contributed by atoms with Gasteiger partial charge >= 0.3 is 0 Å². The number of ether oxygens (including phenoxy) is 1. The van der Waals surface area contributed by atoms with E-state index in [2.05, 4.69) is 21.4 Å². The van der Waals surface area contributed by atoms with E-state index < -0.39 is 0 Å². The van der Waals surface area contributed by atoms with E-state index in [1.54, 1.807) is 6.20 Å². The molecule has 1 aromatic rings. The second-order valence-corrected chi connectivity index (χ2v) is 7.54. The molecule has 2 aliphatic carbocycles. The minimum atomic E-state index is -0.191. The maximum atomic E-state index is 12.9. The fraction of sp³-hybridized carbons (Fsp3) is 0.650. The number of nitrogens with one attached hydrogen (secondary N) is 1. The van der Waals surface area contributed by atoms with E-state index in [1.165, 1.54) is 37.7 Å². The molecule has 1 amide bonds. The summed E-state index contributed by atoms with van der Waals surface area (Å²) in [7, 11) is 0. The molecule has 0 aromatic carbocycles. The lowest BCUT2D eigenvalue weighted by molar-refractivity contribution is -0.139. The number of nitrogens with zero attached hydrogens (tertiary/aromatic N) is 3. The molecule has 0 unspecified atom stereocenters. The first-order valence-corrected chi connectivity index (χ1v) is 9.94. The fourth-order valence-corrected chi connectivity index (χ4v) is 3.85. The van der Waals surface area contributed by atoms with Crippen LogP contribution in [-0.4, -0.2) is 46.6 Å². The average molecular weight is 356 g/mol. The Bertz CT molecular complexity index is 672. The molecule has 1 atom stereocenters. The summed E-state index contributed by atoms with van der Waals surface area (Å²) in [5, 5.41) is 3.46. The number of amides is 1. The largest absolute Gasteiger partial charge is 0.377 e. The summed E-state index contributed by atoms with van der Waals surface area (Å²) in [6.07, 6.45) is 12.8. The van der Waals surface area contributed by atoms with Gasteiger partial charge in [0.25, 0.3) is 0 Å². The number of morpholine rings is 1. The molecule has 1 saturated heterocycles. The predicted molar refractivity (Wildman–Crippen MR) is 99.7 cm³/mol. The number of rotatable bonds is 5. The number of aromatic nitrogens is 2. The summed E-state index contributed by atoms with van der Waals surface area (Å²) in [4.78, 5) is 24.0. The molecular formula is C20H28N4O2. The van der Waals surface area contributed by atoms with Crippen LogP contribution in [0.1, 0.15) is 63.2 Å². The Hall–Kier alpha value is -1.95. The fourth-order valence-electron chi connectivity index (χ4n) is 3.85. The standard InChI is InChI=1S/C20H28N4O2/c25-19(13-15-5-2-1-3-6-15)24-11-12-26-14-17(24)20-21-10-9-18(23-20)22-16-7-4-8-16/h5,9-10,16-17H,1-4,6-8,11-14H2,(H,21,22,23)/t17-/m1/s1. The lowest BCUT2D eigenvalue weighted by Crippen LogP contribution is -2.44. The molecular weight excluding hydrogens is 328 g/mol. The van der Waals surface area contributed by atoms with Gasteiger partial charge in [-0.3, -0.25) is 4.79 Å². The van der Waals surface area contributed by atoms with Crippen LogP contribution in [0.2, 0.25) is 0 Å². The third-order valence-corrected chi connectivity index (χ3v) is 5.64. The topological polar surface area (TPSA) is 67.4 Å². The molecule has 0 radical (unpaired) electrons. The average Bonchev–Trinajstić information content (AvgIpc) is 2.66. The van der Waals surface area contributed by atoms with Crippen molar-refractivity contribution in [1.29, 1.82) is 0 Å². The Morgan fingerprint density at radius 2 is 2.23 bits per heavy atom. The number of carbonyl (C=O) groups excluding carboxylic acids is 1. The third-order valence-electron chi connectivity index (χ3n) is 5.64. The maximum absolute atomic E-state index is 12.9. The minimum Gasteiger partial charge on any atom is -0.377 e. The molecule has 1 aliphatic heterocycles. The summed E-state index contributed by atoms with van der Waals surface area (Å²) >= 11 is 0. The van der Waals surface area contributed by atoms with Gasteiger partial charge in [0, 0.05) is 25.2 Å². The van der Waals surface area contributed by atoms with Crippen LogP contribution in [-0.2, 0) is 9.53 Å². The van der Waals surface area contributed by atoms with Crippen LogP contribution in [0.25, 0.3) is 0 Å². The lowest BCUT2D eigenvalue weighted by Gasteiger charge is -2.35. The Balaban J connectivity index is 1.46. The monoisotopic (exact) mass is 356 g/mol. The van der Waals surface area contributed by atoms with Gasteiger partial charge in [0.15, 0.2) is 5.82 Å². The summed E-state index contributed by atoms with van der Waals surface area (Å²) in [5.41, 5.74) is 1.29. The summed E-state index contributed by atoms with van der Waals surface area (Å²) in [5.74, 6) is 1.71. The van der Waals surface area contributed by atoms with E-state index in [0.29, 0.717) is 38.0 Å². The lowest BCUT2D eigenvalue weighted by atomic mass is 9.93. The molecule has 0 bridgehead atoms. The first kappa shape index (κ1) is 17.5. The number of hydrogen-bond donors (Lipinski definition) is 1. The van der Waals surface area contributed by atoms with Crippen molar-refractivity contribution >= 4 is 11.7 Å². The van der Waals surface area contributed by atoms with Gasteiger partial charge in [-0.25, -0.2) is 9.97 Å². The molecule has 2 heterocycles. The van der Waals surface area contributed by atoms with Crippen LogP contribution >= 0.6 is 0 Å². The Morgan fingerprint density at radius 3 is 3.00 bits per heavy atom. The molecule has 140 valence electrons. The molecule has 4 rings (SSSR count). The Labute approximate surface area is 155 Å². The van der Waals surface area contributed by atoms with Gasteiger partial charge in [-0.05, 0) is 51.0 Å². The third kappa shape index (κ3) is 4.06. The maximum Gasteiger partial charge on any atom is 0.227 e. The van der Waals surface area contributed by atoms with Crippen LogP contribution in [0.15, 0.2) is 23.9 Å². The quantitative estimate of drug-likeness (QED) is 0.821. The molecule has 1 N–H and O–H groups in total. The van der Waals surface area contributed by atoms with Crippen molar-refractivity contribution in [3.63, 3.8) is 0 Å². The van der Waals surface area contributed by atoms with Gasteiger partial charge in [-0.15, -0.1) is 0 Å². The van der Waals surface area contributed by atoms with Crippen molar-refractivity contribution in [3.8, 4) is 0 Å². The van der Waals surface area contributed by atoms with Crippen molar-refractivity contribution in [2.75, 3.05) is 25.1 Å². The van der Waals surface area contributed by atoms with Crippen LogP contribution in [0.4, 0.5) is 5.82 Å². The normalized spacial score (nSPS) is 23.9. The Kier molecular flexibility index (Phi) is 5.48. The minimum absolute atomic E-state index is 0.174. The van der Waals surface area contributed by atoms with Gasteiger partial charge in [0.05, 0.1) is 13.2 Å². The van der Waals surface area contributed by atoms with E-state index in [-0.39, 0.29) is 11.9 Å². The van der Waals surface area contributed by atoms with Crippen LogP contribution in [0.5, 0.6) is 0 Å². The summed E-state index contributed by atoms with van der Waals surface area (Å²) in [6, 6.07) is 2.24. The van der Waals surface area contributed by atoms with Crippen LogP contribution in [0, 0.1) is 0 Å². The molecule has 6 nitrogen and oxygen atoms in total. The zero-order valence-corrected chi connectivity index (χ0v) is 15.3. The van der Waals surface area contributed by atoms with E-state index in [1.807, 2.05) is 11.0 Å². The van der Waals surface area contributed by atoms with E-state index in [0.717, 1.165) is 18.7 Å². The molecule has 26 heavy (non-hydrogen) atoms. The molecule has 1 saturated carbocycles. The van der Waals surface area contributed by atoms with Crippen molar-refractivity contribution < 1.29 is 9.53 Å². The van der Waals surface area contributed by atoms with Gasteiger partial charge in [-0.1, -0.05) is 11.6 Å². The Morgan fingerprint density at radius 1 is 1.31 bits per heavy atom. The zero-order valence-electron chi connectivity index (χ0n) is 15.3. The van der Waals surface area contributed by atoms with E-state index >= 15 is 0 Å². The highest BCUT2D eigenvalue weighted by atomic mass is 16.5. The molecule has 1 aromatic heterocycles. The smallest absolute Gasteiger partial charge is 0.227 e. The predicted octanol–water partition coefficient (Wildman–Crippen LogP) is 3.23. The highest BCUT2D eigenvalue weighted by Crippen LogP contribution is 2.27. The van der Waals surface area contributed by atoms with E-state index in [9.17, 15) is 4.79 Å². The summed E-state index contributed by atoms with van der Waals surface area (Å²) in [6.45, 7) is 1.67. The second-order valence-electron chi connectivity index (χ2n) is 7.54. The molecule has 6 heteroatoms. The van der Waals surface area contributed by atoms with Crippen LogP contribution < -0.4 is 5.32 Å². The molecule has 2 fully saturated rings. The van der Waals surface area contributed by atoms with Crippen molar-refractivity contribution in [3.05, 3.63) is 29.7 Å². The SMILES string of the molecule is O=C(CC1=CCCCC1)N1CCOC[C@@H]1c1nccc(NC2CCC2)n1. The second kappa shape index (κ2) is 8.16. The highest BCUT2D eigenvalue weighted by molar-refractivity contribution is 5.79. The first-order valence-electron chi connectivity index (χ1n) is 9.94. The number of hydrogen-bond acceptors (Lipinski definition) is 5. The number of carbonyl (C=O) groups is 1. The van der Waals surface area contributed by atoms with Crippen molar-refractivity contribution in [1.82, 2.24) is 14.9 Å². The van der Waals surface area contributed by atoms with Crippen molar-refractivity contribution in [2.45, 2.75) is 63.5 Å². The van der Waals surface area contributed by atoms with Gasteiger partial charge in [0.2, 0.25) is 5.91 Å². The number of allylic oxidation sites excluding steroid dienone is 1. The first-order chi connectivity index (χ1) is 12.8. The van der Waals surface area contributed by atoms with Crippen LogP contribution in [0.3, 0.4) is 0 Å². The van der Waals surface area contributed by atoms with Gasteiger partial charge in [-0.2, -0.15) is 0 Å². The van der Waals surface area contributed by atoms with Gasteiger partial charge < -0.3 is 15.0 Å².